The molecule has 8 nitrogen and oxygen atoms in total. The Balaban J connectivity index is 1.36. The molecule has 9 heteroatoms. The van der Waals surface area contributed by atoms with Crippen LogP contribution in [0.1, 0.15) is 54.0 Å². The van der Waals surface area contributed by atoms with Gasteiger partial charge in [0.1, 0.15) is 6.07 Å². The monoisotopic (exact) mass is 615 g/mol. The van der Waals surface area contributed by atoms with Gasteiger partial charge in [-0.05, 0) is 59.9 Å². The van der Waals surface area contributed by atoms with Gasteiger partial charge in [-0.1, -0.05) is 60.5 Å². The molecule has 0 saturated heterocycles. The number of rotatable bonds is 5. The molecule has 0 radical (unpaired) electrons. The van der Waals surface area contributed by atoms with Gasteiger partial charge in [-0.2, -0.15) is 10.4 Å². The van der Waals surface area contributed by atoms with Crippen molar-refractivity contribution in [3.8, 4) is 34.0 Å². The van der Waals surface area contributed by atoms with E-state index in [2.05, 4.69) is 28.6 Å². The molecule has 3 heterocycles. The second kappa shape index (κ2) is 13.2. The predicted octanol–water partition coefficient (Wildman–Crippen LogP) is 7.49. The standard InChI is InChI=1S/C36H30ClN5O3/c1-45-36(44)16-23-9-12-30-26-6-4-5-25(17-26)29(7-2-3-8-35(43)41-33(30)15-23)32-13-10-27(21-39-32)31-18-28(37)11-14-34(31)42-22-24(19-38)20-40-42/h4-6,9-15,17-18,20-22,29H,2-3,7-8,16H2,1H3,(H,41,43). The number of ether oxygens (including phenoxy) is 1. The predicted molar refractivity (Wildman–Crippen MR) is 173 cm³/mol. The molecule has 1 atom stereocenters. The third kappa shape index (κ3) is 6.64. The lowest BCUT2D eigenvalue weighted by Crippen LogP contribution is -2.14. The van der Waals surface area contributed by atoms with E-state index in [1.54, 1.807) is 16.9 Å². The second-order valence-corrected chi connectivity index (χ2v) is 11.5. The Kier molecular flexibility index (Phi) is 8.72. The first-order valence-electron chi connectivity index (χ1n) is 14.7. The number of nitriles is 1. The molecule has 1 aliphatic heterocycles. The van der Waals surface area contributed by atoms with Crippen LogP contribution in [0.5, 0.6) is 0 Å². The average molecular weight is 616 g/mol. The summed E-state index contributed by atoms with van der Waals surface area (Å²) in [7, 11) is 1.37. The molecular formula is C36H30ClN5O3. The van der Waals surface area contributed by atoms with Crippen molar-refractivity contribution < 1.29 is 14.3 Å². The molecule has 3 aromatic carbocycles. The molecule has 2 aromatic heterocycles. The minimum atomic E-state index is -0.334. The van der Waals surface area contributed by atoms with Crippen LogP contribution in [0.4, 0.5) is 5.69 Å². The van der Waals surface area contributed by atoms with Crippen molar-refractivity contribution in [2.45, 2.75) is 38.0 Å². The number of methoxy groups -OCH3 is 1. The van der Waals surface area contributed by atoms with Crippen LogP contribution < -0.4 is 5.32 Å². The quantitative estimate of drug-likeness (QED) is 0.205. The minimum absolute atomic E-state index is 0.0201. The van der Waals surface area contributed by atoms with Crippen molar-refractivity contribution in [3.05, 3.63) is 119 Å². The molecule has 0 fully saturated rings. The zero-order chi connectivity index (χ0) is 31.3. The molecule has 0 saturated carbocycles. The number of anilines is 1. The number of nitrogens with one attached hydrogen (secondary N) is 1. The molecule has 1 unspecified atom stereocenters. The number of carbonyl (C=O) groups is 2. The molecule has 1 amide bonds. The summed E-state index contributed by atoms with van der Waals surface area (Å²) in [4.78, 5) is 29.8. The van der Waals surface area contributed by atoms with E-state index < -0.39 is 0 Å². The normalized spacial score (nSPS) is 14.7. The molecule has 5 aromatic rings. The van der Waals surface area contributed by atoms with E-state index >= 15 is 0 Å². The number of pyridine rings is 1. The number of nitrogens with zero attached hydrogens (tertiary/aromatic N) is 4. The number of halogens is 1. The first-order valence-corrected chi connectivity index (χ1v) is 15.1. The van der Waals surface area contributed by atoms with Gasteiger partial charge in [0.15, 0.2) is 0 Å². The Hall–Kier alpha value is -5.26. The van der Waals surface area contributed by atoms with Crippen molar-refractivity contribution in [1.82, 2.24) is 14.8 Å². The number of aromatic nitrogens is 3. The zero-order valence-corrected chi connectivity index (χ0v) is 25.4. The van der Waals surface area contributed by atoms with Gasteiger partial charge in [0, 0.05) is 57.8 Å². The number of fused-ring (bicyclic) bond motifs is 4. The highest BCUT2D eigenvalue weighted by atomic mass is 35.5. The summed E-state index contributed by atoms with van der Waals surface area (Å²) in [5.41, 5.74) is 8.35. The lowest BCUT2D eigenvalue weighted by atomic mass is 9.87. The summed E-state index contributed by atoms with van der Waals surface area (Å²) in [5.74, 6) is -0.371. The molecule has 2 bridgehead atoms. The number of amides is 1. The molecular weight excluding hydrogens is 586 g/mol. The van der Waals surface area contributed by atoms with E-state index in [0.717, 1.165) is 64.0 Å². The fourth-order valence-electron chi connectivity index (χ4n) is 5.77. The van der Waals surface area contributed by atoms with E-state index in [1.165, 1.54) is 13.3 Å². The van der Waals surface area contributed by atoms with Gasteiger partial charge in [0.25, 0.3) is 0 Å². The fourth-order valence-corrected chi connectivity index (χ4v) is 5.94. The van der Waals surface area contributed by atoms with Crippen molar-refractivity contribution >= 4 is 29.2 Å². The highest BCUT2D eigenvalue weighted by Gasteiger charge is 2.20. The SMILES string of the molecule is COC(=O)Cc1ccc2c(c1)NC(=O)CCCCC(c1ccc(-c3cc(Cl)ccc3-n3cc(C#N)cn3)cn1)c1cccc-2c1. The third-order valence-electron chi connectivity index (χ3n) is 8.05. The van der Waals surface area contributed by atoms with Crippen LogP contribution in [0.2, 0.25) is 5.02 Å². The Bertz CT molecular complexity index is 1930. The zero-order valence-electron chi connectivity index (χ0n) is 24.7. The van der Waals surface area contributed by atoms with Crippen LogP contribution in [-0.2, 0) is 20.7 Å². The molecule has 0 spiro atoms. The maximum Gasteiger partial charge on any atom is 0.309 e. The number of benzene rings is 3. The molecule has 6 rings (SSSR count). The van der Waals surface area contributed by atoms with Crippen molar-refractivity contribution in [1.29, 1.82) is 5.26 Å². The van der Waals surface area contributed by atoms with Crippen molar-refractivity contribution in [2.24, 2.45) is 0 Å². The smallest absolute Gasteiger partial charge is 0.309 e. The number of esters is 1. The lowest BCUT2D eigenvalue weighted by Gasteiger charge is -2.21. The highest BCUT2D eigenvalue weighted by molar-refractivity contribution is 6.31. The summed E-state index contributed by atoms with van der Waals surface area (Å²) >= 11 is 6.40. The van der Waals surface area contributed by atoms with Gasteiger partial charge in [-0.15, -0.1) is 0 Å². The Morgan fingerprint density at radius 1 is 1.04 bits per heavy atom. The number of hydrogen-bond acceptors (Lipinski definition) is 6. The molecule has 0 aliphatic carbocycles. The van der Waals surface area contributed by atoms with Crippen LogP contribution in [0.15, 0.2) is 91.4 Å². The van der Waals surface area contributed by atoms with Gasteiger partial charge in [-0.25, -0.2) is 4.68 Å². The highest BCUT2D eigenvalue weighted by Crippen LogP contribution is 2.37. The Morgan fingerprint density at radius 2 is 1.93 bits per heavy atom. The average Bonchev–Trinajstić information content (AvgIpc) is 3.54. The van der Waals surface area contributed by atoms with Gasteiger partial charge in [-0.3, -0.25) is 14.6 Å². The summed E-state index contributed by atoms with van der Waals surface area (Å²) in [6, 6.07) is 25.8. The molecule has 1 aliphatic rings. The van der Waals surface area contributed by atoms with Crippen LogP contribution in [0, 0.1) is 11.3 Å². The minimum Gasteiger partial charge on any atom is -0.469 e. The van der Waals surface area contributed by atoms with Crippen LogP contribution in [0.25, 0.3) is 27.9 Å². The summed E-state index contributed by atoms with van der Waals surface area (Å²) in [5, 5.41) is 17.3. The first kappa shape index (κ1) is 29.8. The third-order valence-corrected chi connectivity index (χ3v) is 8.29. The first-order chi connectivity index (χ1) is 21.9. The summed E-state index contributed by atoms with van der Waals surface area (Å²) in [6.07, 6.45) is 8.00. The van der Waals surface area contributed by atoms with E-state index in [4.69, 9.17) is 21.3 Å². The van der Waals surface area contributed by atoms with Gasteiger partial charge in [0.05, 0.1) is 31.0 Å². The lowest BCUT2D eigenvalue weighted by molar-refractivity contribution is -0.139. The van der Waals surface area contributed by atoms with Crippen molar-refractivity contribution in [2.75, 3.05) is 12.4 Å². The topological polar surface area (TPSA) is 110 Å². The van der Waals surface area contributed by atoms with E-state index in [1.807, 2.05) is 60.8 Å². The Labute approximate surface area is 266 Å². The van der Waals surface area contributed by atoms with E-state index in [9.17, 15) is 14.9 Å². The van der Waals surface area contributed by atoms with Gasteiger partial charge >= 0.3 is 5.97 Å². The van der Waals surface area contributed by atoms with Gasteiger partial charge in [0.2, 0.25) is 5.91 Å². The molecule has 224 valence electrons. The maximum atomic E-state index is 12.9. The summed E-state index contributed by atoms with van der Waals surface area (Å²) in [6.45, 7) is 0. The molecule has 1 N–H and O–H groups in total. The number of hydrogen-bond donors (Lipinski definition) is 1. The fraction of sp³-hybridized carbons (Fsp3) is 0.194. The van der Waals surface area contributed by atoms with Crippen molar-refractivity contribution in [3.63, 3.8) is 0 Å². The number of carbonyl (C=O) groups excluding carboxylic acids is 2. The van der Waals surface area contributed by atoms with Crippen LogP contribution >= 0.6 is 11.6 Å². The van der Waals surface area contributed by atoms with E-state index in [0.29, 0.717) is 22.7 Å². The summed E-state index contributed by atoms with van der Waals surface area (Å²) < 4.78 is 6.51. The van der Waals surface area contributed by atoms with E-state index in [-0.39, 0.29) is 24.2 Å². The molecule has 45 heavy (non-hydrogen) atoms. The maximum absolute atomic E-state index is 12.9. The van der Waals surface area contributed by atoms with Crippen LogP contribution in [-0.4, -0.2) is 33.8 Å². The van der Waals surface area contributed by atoms with Gasteiger partial charge < -0.3 is 10.1 Å². The van der Waals surface area contributed by atoms with Crippen LogP contribution in [0.3, 0.4) is 0 Å². The second-order valence-electron chi connectivity index (χ2n) is 11.0. The Morgan fingerprint density at radius 3 is 2.71 bits per heavy atom. The largest absolute Gasteiger partial charge is 0.469 e.